The molecule has 8 heteroatoms. The zero-order valence-electron chi connectivity index (χ0n) is 30.1. The first-order valence-electron chi connectivity index (χ1n) is 17.7. The van der Waals surface area contributed by atoms with Crippen LogP contribution in [-0.4, -0.2) is 44.9 Å². The van der Waals surface area contributed by atoms with E-state index in [0.29, 0.717) is 38.5 Å². The van der Waals surface area contributed by atoms with E-state index in [4.69, 9.17) is 0 Å². The van der Waals surface area contributed by atoms with Crippen molar-refractivity contribution in [1.82, 2.24) is 0 Å². The molecule has 0 aromatic carbocycles. The fourth-order valence-electron chi connectivity index (χ4n) is 11.6. The average molecular weight is 659 g/mol. The lowest BCUT2D eigenvalue weighted by Gasteiger charge is -2.59. The third-order valence-corrected chi connectivity index (χ3v) is 13.2. The summed E-state index contributed by atoms with van der Waals surface area (Å²) in [6.45, 7) is 18.3. The molecule has 6 atom stereocenters. The van der Waals surface area contributed by atoms with Crippen LogP contribution in [0.2, 0.25) is 0 Å². The lowest BCUT2D eigenvalue weighted by molar-refractivity contribution is -0.152. The summed E-state index contributed by atoms with van der Waals surface area (Å²) in [4.78, 5) is 87.1. The van der Waals surface area contributed by atoms with Crippen LogP contribution in [0.25, 0.3) is 0 Å². The highest BCUT2D eigenvalue weighted by Crippen LogP contribution is 2.66. The minimum Gasteiger partial charge on any atom is -0.507 e. The molecule has 2 fully saturated rings. The lowest BCUT2D eigenvalue weighted by atomic mass is 9.42. The number of hydrogen-bond donors (Lipinski definition) is 2. The third kappa shape index (κ3) is 4.19. The Bertz CT molecular complexity index is 1630. The monoisotopic (exact) mass is 658 g/mol. The van der Waals surface area contributed by atoms with Crippen LogP contribution in [0.1, 0.15) is 108 Å². The highest BCUT2D eigenvalue weighted by Gasteiger charge is 2.68. The van der Waals surface area contributed by atoms with Crippen LogP contribution in [0.5, 0.6) is 0 Å². The van der Waals surface area contributed by atoms with Gasteiger partial charge in [-0.15, -0.1) is 0 Å². The molecular formula is C40H50O8. The molecule has 6 aliphatic carbocycles. The van der Waals surface area contributed by atoms with Crippen molar-refractivity contribution < 1.29 is 39.0 Å². The average Bonchev–Trinajstić information content (AvgIpc) is 2.93. The van der Waals surface area contributed by atoms with Crippen LogP contribution in [0.4, 0.5) is 0 Å². The number of allylic oxidation sites excluding steroid dienone is 6. The Hall–Kier alpha value is -3.42. The first-order valence-corrected chi connectivity index (χ1v) is 17.7. The third-order valence-electron chi connectivity index (χ3n) is 13.2. The molecule has 0 saturated heterocycles. The summed E-state index contributed by atoms with van der Waals surface area (Å²) in [6, 6.07) is 0. The second-order valence-electron chi connectivity index (χ2n) is 17.9. The molecule has 258 valence electrons. The van der Waals surface area contributed by atoms with Gasteiger partial charge in [0.2, 0.25) is 23.1 Å². The van der Waals surface area contributed by atoms with Gasteiger partial charge in [0.15, 0.2) is 0 Å². The fraction of sp³-hybridized carbons (Fsp3) is 0.650. The zero-order chi connectivity index (χ0) is 35.8. The SMILES string of the molecule is CC(C)C1=C(O)C2=C(C(=O)C1=O)[C@@]1(C)CCCC(C)(C)[C@H]1C(=O)[C@@H]2[C@@H]1C(=O)[C@H]2C(C)(C)CCC[C@]2(C)C2=C1C(O)=C(C(C)C)C(=O)C2=O. The number of Topliss-reactive ketones (excluding diaryl/α,β-unsaturated/α-hetero) is 6. The summed E-state index contributed by atoms with van der Waals surface area (Å²) < 4.78 is 0. The van der Waals surface area contributed by atoms with Crippen molar-refractivity contribution in [3.63, 3.8) is 0 Å². The van der Waals surface area contributed by atoms with Gasteiger partial charge in [-0.3, -0.25) is 28.8 Å². The van der Waals surface area contributed by atoms with Gasteiger partial charge in [0.1, 0.15) is 23.1 Å². The van der Waals surface area contributed by atoms with Crippen LogP contribution in [0.15, 0.2) is 45.0 Å². The van der Waals surface area contributed by atoms with E-state index in [1.807, 2.05) is 41.5 Å². The summed E-state index contributed by atoms with van der Waals surface area (Å²) >= 11 is 0. The number of fused-ring (bicyclic) bond motifs is 4. The quantitative estimate of drug-likeness (QED) is 0.247. The van der Waals surface area contributed by atoms with Gasteiger partial charge < -0.3 is 10.2 Å². The summed E-state index contributed by atoms with van der Waals surface area (Å²) in [7, 11) is 0. The molecule has 48 heavy (non-hydrogen) atoms. The maximum absolute atomic E-state index is 15.4. The zero-order valence-corrected chi connectivity index (χ0v) is 30.1. The molecule has 8 nitrogen and oxygen atoms in total. The van der Waals surface area contributed by atoms with E-state index in [2.05, 4.69) is 0 Å². The minimum atomic E-state index is -1.45. The highest BCUT2D eigenvalue weighted by atomic mass is 16.3. The number of carbonyl (C=O) groups excluding carboxylic acids is 6. The number of ketones is 6. The Morgan fingerprint density at radius 2 is 0.833 bits per heavy atom. The van der Waals surface area contributed by atoms with Gasteiger partial charge >= 0.3 is 0 Å². The number of carbonyl (C=O) groups is 6. The largest absolute Gasteiger partial charge is 0.507 e. The summed E-state index contributed by atoms with van der Waals surface area (Å²) in [5, 5.41) is 24.2. The first kappa shape index (κ1) is 34.4. The van der Waals surface area contributed by atoms with Crippen LogP contribution >= 0.6 is 0 Å². The van der Waals surface area contributed by atoms with Gasteiger partial charge in [0.25, 0.3) is 0 Å². The molecule has 0 aliphatic heterocycles. The topological polar surface area (TPSA) is 143 Å². The van der Waals surface area contributed by atoms with Crippen molar-refractivity contribution in [3.8, 4) is 0 Å². The number of hydrogen-bond acceptors (Lipinski definition) is 8. The molecule has 0 spiro atoms. The molecular weight excluding hydrogens is 608 g/mol. The summed E-state index contributed by atoms with van der Waals surface area (Å²) in [5.74, 6) is -10.3. The molecule has 0 bridgehead atoms. The maximum Gasteiger partial charge on any atom is 0.233 e. The molecule has 0 aromatic heterocycles. The van der Waals surface area contributed by atoms with Crippen LogP contribution in [-0.2, 0) is 28.8 Å². The second kappa shape index (κ2) is 10.5. The molecule has 0 unspecified atom stereocenters. The van der Waals surface area contributed by atoms with Crippen molar-refractivity contribution >= 4 is 34.7 Å². The highest BCUT2D eigenvalue weighted by molar-refractivity contribution is 6.52. The predicted octanol–water partition coefficient (Wildman–Crippen LogP) is 6.88. The van der Waals surface area contributed by atoms with E-state index >= 15 is 9.59 Å². The van der Waals surface area contributed by atoms with E-state index in [1.165, 1.54) is 0 Å². The van der Waals surface area contributed by atoms with Crippen molar-refractivity contribution in [2.45, 2.75) is 108 Å². The maximum atomic E-state index is 15.4. The van der Waals surface area contributed by atoms with Crippen molar-refractivity contribution in [3.05, 3.63) is 45.0 Å². The van der Waals surface area contributed by atoms with Crippen molar-refractivity contribution in [2.24, 2.45) is 57.2 Å². The normalized spacial score (nSPS) is 36.6. The fourth-order valence-corrected chi connectivity index (χ4v) is 11.6. The van der Waals surface area contributed by atoms with E-state index in [-0.39, 0.29) is 45.0 Å². The van der Waals surface area contributed by atoms with E-state index in [9.17, 15) is 29.4 Å². The second-order valence-corrected chi connectivity index (χ2v) is 17.9. The molecule has 6 rings (SSSR count). The van der Waals surface area contributed by atoms with Crippen LogP contribution < -0.4 is 0 Å². The van der Waals surface area contributed by atoms with Crippen molar-refractivity contribution in [1.29, 1.82) is 0 Å². The minimum absolute atomic E-state index is 0.0181. The van der Waals surface area contributed by atoms with Gasteiger partial charge in [-0.05, 0) is 48.3 Å². The Morgan fingerprint density at radius 3 is 1.12 bits per heavy atom. The lowest BCUT2D eigenvalue weighted by Crippen LogP contribution is -2.61. The standard InChI is InChI=1S/C40H50O8/c1-17(2)19-27(41)23-21(31(45)35-37(5,6)13-11-15-39(35,9)25(23)33(47)29(19)43)22-24-26(34(48)30(44)20(18(3)4)28(24)42)40(10)16-12-14-38(7,8)36(40)32(22)46/h17-18,21-22,35-36,41-42H,11-16H2,1-10H3/t21-,22+,35-,36+,39-,40-/m1/s1. The van der Waals surface area contributed by atoms with Gasteiger partial charge in [-0.25, -0.2) is 0 Å². The molecule has 2 N–H and O–H groups in total. The smallest absolute Gasteiger partial charge is 0.233 e. The molecule has 0 radical (unpaired) electrons. The van der Waals surface area contributed by atoms with Crippen LogP contribution in [0, 0.1) is 57.2 Å². The van der Waals surface area contributed by atoms with Gasteiger partial charge in [-0.1, -0.05) is 82.1 Å². The summed E-state index contributed by atoms with van der Waals surface area (Å²) in [5.41, 5.74) is -3.52. The summed E-state index contributed by atoms with van der Waals surface area (Å²) in [6.07, 6.45) is 3.62. The van der Waals surface area contributed by atoms with E-state index in [1.54, 1.807) is 27.7 Å². The first-order chi connectivity index (χ1) is 22.1. The molecule has 0 heterocycles. The molecule has 0 aromatic rings. The predicted molar refractivity (Wildman–Crippen MR) is 179 cm³/mol. The Labute approximate surface area is 283 Å². The molecule has 2 saturated carbocycles. The Kier molecular flexibility index (Phi) is 7.56. The van der Waals surface area contributed by atoms with Gasteiger partial charge in [-0.2, -0.15) is 0 Å². The number of aliphatic hydroxyl groups is 2. The van der Waals surface area contributed by atoms with E-state index in [0.717, 1.165) is 0 Å². The van der Waals surface area contributed by atoms with E-state index < -0.39 is 91.8 Å². The van der Waals surface area contributed by atoms with Crippen LogP contribution in [0.3, 0.4) is 0 Å². The number of aliphatic hydroxyl groups excluding tert-OH is 2. The Balaban J connectivity index is 1.79. The molecule has 6 aliphatic rings. The molecule has 0 amide bonds. The van der Waals surface area contributed by atoms with Crippen molar-refractivity contribution in [2.75, 3.05) is 0 Å². The van der Waals surface area contributed by atoms with Gasteiger partial charge in [0.05, 0.1) is 11.8 Å². The number of rotatable bonds is 3. The van der Waals surface area contributed by atoms with Gasteiger partial charge in [0, 0.05) is 56.1 Å². The Morgan fingerprint density at radius 1 is 0.521 bits per heavy atom.